The predicted molar refractivity (Wildman–Crippen MR) is 82.1 cm³/mol. The van der Waals surface area contributed by atoms with Crippen molar-refractivity contribution in [2.75, 3.05) is 0 Å². The maximum atomic E-state index is 9.56. The summed E-state index contributed by atoms with van der Waals surface area (Å²) in [6.45, 7) is 8.83. The maximum Gasteiger partial charge on any atom is 0.133 e. The molecule has 1 N–H and O–H groups in total. The minimum atomic E-state index is -0.140. The summed E-state index contributed by atoms with van der Waals surface area (Å²) in [4.78, 5) is 0. The zero-order valence-corrected chi connectivity index (χ0v) is 13.2. The Labute approximate surface area is 125 Å². The van der Waals surface area contributed by atoms with Crippen molar-refractivity contribution in [1.29, 1.82) is 0 Å². The zero-order valence-electron chi connectivity index (χ0n) is 12.4. The SMILES string of the molecule is Cc1ccccc1Cn1nc(C(C)(C)C)c(CO)c1Cl. The van der Waals surface area contributed by atoms with Crippen LogP contribution in [0.25, 0.3) is 0 Å². The smallest absolute Gasteiger partial charge is 0.133 e. The molecule has 0 unspecified atom stereocenters. The Morgan fingerprint density at radius 1 is 1.25 bits per heavy atom. The molecule has 20 heavy (non-hydrogen) atoms. The molecule has 1 aromatic carbocycles. The van der Waals surface area contributed by atoms with Gasteiger partial charge in [-0.25, -0.2) is 4.68 Å². The first-order chi connectivity index (χ1) is 9.34. The quantitative estimate of drug-likeness (QED) is 0.937. The molecular formula is C16H21ClN2O. The van der Waals surface area contributed by atoms with Gasteiger partial charge in [-0.1, -0.05) is 56.6 Å². The van der Waals surface area contributed by atoms with Crippen molar-refractivity contribution in [3.8, 4) is 0 Å². The molecule has 0 aliphatic carbocycles. The van der Waals surface area contributed by atoms with Crippen molar-refractivity contribution < 1.29 is 5.11 Å². The Morgan fingerprint density at radius 3 is 2.40 bits per heavy atom. The van der Waals surface area contributed by atoms with Crippen LogP contribution < -0.4 is 0 Å². The number of nitrogens with zero attached hydrogens (tertiary/aromatic N) is 2. The molecule has 1 heterocycles. The number of aromatic nitrogens is 2. The summed E-state index contributed by atoms with van der Waals surface area (Å²) < 4.78 is 1.77. The third-order valence-corrected chi connectivity index (χ3v) is 3.86. The van der Waals surface area contributed by atoms with Crippen LogP contribution in [0.15, 0.2) is 24.3 Å². The number of hydrogen-bond acceptors (Lipinski definition) is 2. The third kappa shape index (κ3) is 2.89. The lowest BCUT2D eigenvalue weighted by atomic mass is 9.90. The number of benzene rings is 1. The van der Waals surface area contributed by atoms with E-state index in [4.69, 9.17) is 11.6 Å². The molecule has 0 saturated carbocycles. The molecule has 2 rings (SSSR count). The second-order valence-electron chi connectivity index (χ2n) is 6.11. The van der Waals surface area contributed by atoms with Gasteiger partial charge in [0.25, 0.3) is 0 Å². The topological polar surface area (TPSA) is 38.0 Å². The number of aryl methyl sites for hydroxylation is 1. The van der Waals surface area contributed by atoms with E-state index in [-0.39, 0.29) is 12.0 Å². The lowest BCUT2D eigenvalue weighted by Gasteiger charge is -2.16. The Morgan fingerprint density at radius 2 is 1.90 bits per heavy atom. The summed E-state index contributed by atoms with van der Waals surface area (Å²) in [6, 6.07) is 8.17. The normalized spacial score (nSPS) is 11.9. The fraction of sp³-hybridized carbons (Fsp3) is 0.438. The fourth-order valence-electron chi connectivity index (χ4n) is 2.27. The first-order valence-corrected chi connectivity index (χ1v) is 7.13. The average Bonchev–Trinajstić information content (AvgIpc) is 2.69. The number of hydrogen-bond donors (Lipinski definition) is 1. The minimum absolute atomic E-state index is 0.0841. The number of halogens is 1. The minimum Gasteiger partial charge on any atom is -0.391 e. The molecule has 0 aliphatic heterocycles. The molecule has 0 bridgehead atoms. The van der Waals surface area contributed by atoms with E-state index in [2.05, 4.69) is 44.9 Å². The van der Waals surface area contributed by atoms with Gasteiger partial charge >= 0.3 is 0 Å². The molecule has 0 radical (unpaired) electrons. The van der Waals surface area contributed by atoms with Crippen LogP contribution in [0.3, 0.4) is 0 Å². The van der Waals surface area contributed by atoms with E-state index in [1.165, 1.54) is 11.1 Å². The Hall–Kier alpha value is -1.32. The van der Waals surface area contributed by atoms with Crippen molar-refractivity contribution in [3.05, 3.63) is 51.8 Å². The Bertz CT molecular complexity index is 611. The zero-order chi connectivity index (χ0) is 14.9. The van der Waals surface area contributed by atoms with E-state index in [0.717, 1.165) is 11.3 Å². The molecule has 3 nitrogen and oxygen atoms in total. The molecule has 0 spiro atoms. The van der Waals surface area contributed by atoms with Crippen LogP contribution in [0, 0.1) is 6.92 Å². The van der Waals surface area contributed by atoms with E-state index in [9.17, 15) is 5.11 Å². The van der Waals surface area contributed by atoms with Crippen molar-refractivity contribution in [1.82, 2.24) is 9.78 Å². The highest BCUT2D eigenvalue weighted by Crippen LogP contribution is 2.30. The van der Waals surface area contributed by atoms with Gasteiger partial charge in [-0.05, 0) is 18.1 Å². The van der Waals surface area contributed by atoms with E-state index in [1.54, 1.807) is 4.68 Å². The summed E-state index contributed by atoms with van der Waals surface area (Å²) in [7, 11) is 0. The largest absolute Gasteiger partial charge is 0.391 e. The molecule has 0 aliphatic rings. The standard InChI is InChI=1S/C16H21ClN2O/c1-11-7-5-6-8-12(11)9-19-15(17)13(10-20)14(18-19)16(2,3)4/h5-8,20H,9-10H2,1-4H3. The molecule has 1 aromatic heterocycles. The predicted octanol–water partition coefficient (Wildman–Crippen LogP) is 3.68. The summed E-state index contributed by atoms with van der Waals surface area (Å²) in [6.07, 6.45) is 0. The van der Waals surface area contributed by atoms with Crippen LogP contribution in [-0.2, 0) is 18.6 Å². The molecule has 0 amide bonds. The van der Waals surface area contributed by atoms with Crippen LogP contribution in [-0.4, -0.2) is 14.9 Å². The van der Waals surface area contributed by atoms with Gasteiger partial charge < -0.3 is 5.11 Å². The van der Waals surface area contributed by atoms with Gasteiger partial charge in [0.15, 0.2) is 0 Å². The fourth-order valence-corrected chi connectivity index (χ4v) is 2.52. The van der Waals surface area contributed by atoms with Crippen molar-refractivity contribution in [2.45, 2.75) is 46.3 Å². The summed E-state index contributed by atoms with van der Waals surface area (Å²) in [5, 5.41) is 14.7. The molecule has 108 valence electrons. The van der Waals surface area contributed by atoms with Crippen LogP contribution in [0.4, 0.5) is 0 Å². The molecule has 0 fully saturated rings. The van der Waals surface area contributed by atoms with E-state index in [1.807, 2.05) is 12.1 Å². The van der Waals surface area contributed by atoms with Gasteiger partial charge in [0.2, 0.25) is 0 Å². The molecule has 0 saturated heterocycles. The second kappa shape index (κ2) is 5.58. The number of rotatable bonds is 3. The Kier molecular flexibility index (Phi) is 4.21. The molecule has 2 aromatic rings. The maximum absolute atomic E-state index is 9.56. The summed E-state index contributed by atoms with van der Waals surface area (Å²) >= 11 is 6.38. The van der Waals surface area contributed by atoms with Gasteiger partial charge in [-0.2, -0.15) is 5.10 Å². The van der Waals surface area contributed by atoms with Crippen LogP contribution in [0.1, 0.15) is 43.2 Å². The lowest BCUT2D eigenvalue weighted by molar-refractivity contribution is 0.278. The number of aliphatic hydroxyl groups is 1. The Balaban J connectivity index is 2.44. The highest BCUT2D eigenvalue weighted by atomic mass is 35.5. The van der Waals surface area contributed by atoms with Crippen LogP contribution in [0.2, 0.25) is 5.15 Å². The summed E-state index contributed by atoms with van der Waals surface area (Å²) in [5.74, 6) is 0. The van der Waals surface area contributed by atoms with Gasteiger partial charge in [-0.15, -0.1) is 0 Å². The van der Waals surface area contributed by atoms with Crippen LogP contribution in [0.5, 0.6) is 0 Å². The highest BCUT2D eigenvalue weighted by Gasteiger charge is 2.25. The first kappa shape index (κ1) is 15.1. The lowest BCUT2D eigenvalue weighted by Crippen LogP contribution is -2.15. The van der Waals surface area contributed by atoms with Gasteiger partial charge in [0.05, 0.1) is 18.8 Å². The molecule has 0 atom stereocenters. The summed E-state index contributed by atoms with van der Waals surface area (Å²) in [5.41, 5.74) is 3.84. The monoisotopic (exact) mass is 292 g/mol. The van der Waals surface area contributed by atoms with Gasteiger partial charge in [-0.3, -0.25) is 0 Å². The molecule has 4 heteroatoms. The third-order valence-electron chi connectivity index (χ3n) is 3.43. The van der Waals surface area contributed by atoms with Gasteiger partial charge in [0, 0.05) is 11.0 Å². The molecular weight excluding hydrogens is 272 g/mol. The van der Waals surface area contributed by atoms with E-state index in [0.29, 0.717) is 11.7 Å². The second-order valence-corrected chi connectivity index (χ2v) is 6.47. The highest BCUT2D eigenvalue weighted by molar-refractivity contribution is 6.30. The van der Waals surface area contributed by atoms with Crippen LogP contribution >= 0.6 is 11.6 Å². The van der Waals surface area contributed by atoms with Crippen molar-refractivity contribution >= 4 is 11.6 Å². The van der Waals surface area contributed by atoms with E-state index < -0.39 is 0 Å². The average molecular weight is 293 g/mol. The van der Waals surface area contributed by atoms with Crippen molar-refractivity contribution in [3.63, 3.8) is 0 Å². The van der Waals surface area contributed by atoms with E-state index >= 15 is 0 Å². The number of aliphatic hydroxyl groups excluding tert-OH is 1. The van der Waals surface area contributed by atoms with Crippen molar-refractivity contribution in [2.24, 2.45) is 0 Å². The first-order valence-electron chi connectivity index (χ1n) is 6.75. The van der Waals surface area contributed by atoms with Gasteiger partial charge in [0.1, 0.15) is 5.15 Å².